The van der Waals surface area contributed by atoms with E-state index in [9.17, 15) is 9.90 Å². The molecule has 7 heteroatoms. The van der Waals surface area contributed by atoms with Crippen LogP contribution in [0, 0.1) is 0 Å². The third kappa shape index (κ3) is 3.46. The van der Waals surface area contributed by atoms with Gasteiger partial charge in [-0.2, -0.15) is 0 Å². The Labute approximate surface area is 119 Å². The third-order valence-electron chi connectivity index (χ3n) is 2.85. The second-order valence-corrected chi connectivity index (χ2v) is 5.60. The maximum Gasteiger partial charge on any atom is 0.320 e. The van der Waals surface area contributed by atoms with Gasteiger partial charge in [-0.1, -0.05) is 12.1 Å². The van der Waals surface area contributed by atoms with Crippen molar-refractivity contribution in [1.29, 1.82) is 0 Å². The predicted molar refractivity (Wildman–Crippen MR) is 76.8 cm³/mol. The van der Waals surface area contributed by atoms with Crippen molar-refractivity contribution in [3.63, 3.8) is 0 Å². The zero-order valence-electron chi connectivity index (χ0n) is 10.6. The van der Waals surface area contributed by atoms with E-state index in [1.165, 1.54) is 11.3 Å². The van der Waals surface area contributed by atoms with E-state index < -0.39 is 12.0 Å². The molecule has 0 spiro atoms. The summed E-state index contributed by atoms with van der Waals surface area (Å²) >= 11 is 1.35. The molecule has 1 aromatic carbocycles. The number of rotatable bonds is 5. The molecule has 0 radical (unpaired) electrons. The molecule has 1 unspecified atom stereocenters. The first-order valence-electron chi connectivity index (χ1n) is 5.95. The van der Waals surface area contributed by atoms with Gasteiger partial charge in [-0.3, -0.25) is 4.79 Å². The Kier molecular flexibility index (Phi) is 4.21. The summed E-state index contributed by atoms with van der Waals surface area (Å²) in [6.07, 6.45) is 2.37. The molecule has 0 fully saturated rings. The molecule has 2 aromatic rings. The standard InChI is InChI=1S/C13H15N3O3S/c14-10(12(18)19)4-7-1-2-11(17)8(3-7)5-9-6-16-13(15)20-9/h1-3,6,10,17H,4-5,14H2,(H2,15,16)(H,18,19). The lowest BCUT2D eigenvalue weighted by Crippen LogP contribution is -2.32. The van der Waals surface area contributed by atoms with Crippen molar-refractivity contribution >= 4 is 22.4 Å². The molecule has 0 saturated heterocycles. The highest BCUT2D eigenvalue weighted by atomic mass is 32.1. The fraction of sp³-hybridized carbons (Fsp3) is 0.231. The summed E-state index contributed by atoms with van der Waals surface area (Å²) in [6.45, 7) is 0. The Hall–Kier alpha value is -2.12. The van der Waals surface area contributed by atoms with Crippen LogP contribution in [0.3, 0.4) is 0 Å². The third-order valence-corrected chi connectivity index (χ3v) is 3.68. The van der Waals surface area contributed by atoms with Gasteiger partial charge >= 0.3 is 5.97 Å². The van der Waals surface area contributed by atoms with E-state index in [1.807, 2.05) is 0 Å². The van der Waals surface area contributed by atoms with E-state index in [0.29, 0.717) is 17.1 Å². The number of hydrogen-bond acceptors (Lipinski definition) is 6. The lowest BCUT2D eigenvalue weighted by molar-refractivity contribution is -0.138. The Balaban J connectivity index is 2.18. The molecule has 1 aromatic heterocycles. The number of nitrogens with two attached hydrogens (primary N) is 2. The summed E-state index contributed by atoms with van der Waals surface area (Å²) in [5.74, 6) is -0.889. The molecule has 6 N–H and O–H groups in total. The van der Waals surface area contributed by atoms with Crippen LogP contribution in [0.2, 0.25) is 0 Å². The van der Waals surface area contributed by atoms with E-state index in [1.54, 1.807) is 24.4 Å². The van der Waals surface area contributed by atoms with Crippen molar-refractivity contribution in [1.82, 2.24) is 4.98 Å². The number of nitrogens with zero attached hydrogens (tertiary/aromatic N) is 1. The van der Waals surface area contributed by atoms with Crippen LogP contribution in [-0.4, -0.2) is 27.2 Å². The summed E-state index contributed by atoms with van der Waals surface area (Å²) < 4.78 is 0. The van der Waals surface area contributed by atoms with Gasteiger partial charge in [0.05, 0.1) is 0 Å². The maximum absolute atomic E-state index is 10.8. The van der Waals surface area contributed by atoms with Crippen LogP contribution in [0.5, 0.6) is 5.75 Å². The van der Waals surface area contributed by atoms with Crippen LogP contribution in [-0.2, 0) is 17.6 Å². The van der Waals surface area contributed by atoms with Crippen molar-refractivity contribution in [3.8, 4) is 5.75 Å². The molecular weight excluding hydrogens is 278 g/mol. The molecule has 106 valence electrons. The minimum absolute atomic E-state index is 0.157. The van der Waals surface area contributed by atoms with Crippen LogP contribution in [0.4, 0.5) is 5.13 Å². The monoisotopic (exact) mass is 293 g/mol. The van der Waals surface area contributed by atoms with Crippen LogP contribution in [0.1, 0.15) is 16.0 Å². The second kappa shape index (κ2) is 5.89. The summed E-state index contributed by atoms with van der Waals surface area (Å²) in [6, 6.07) is 4.02. The highest BCUT2D eigenvalue weighted by molar-refractivity contribution is 7.15. The number of hydrogen-bond donors (Lipinski definition) is 4. The lowest BCUT2D eigenvalue weighted by Gasteiger charge is -2.09. The molecule has 1 atom stereocenters. The minimum atomic E-state index is -1.05. The van der Waals surface area contributed by atoms with E-state index in [0.717, 1.165) is 10.4 Å². The van der Waals surface area contributed by atoms with Crippen molar-refractivity contribution in [3.05, 3.63) is 40.4 Å². The summed E-state index contributed by atoms with van der Waals surface area (Å²) in [5.41, 5.74) is 12.5. The largest absolute Gasteiger partial charge is 0.508 e. The second-order valence-electron chi connectivity index (χ2n) is 4.45. The highest BCUT2D eigenvalue weighted by Gasteiger charge is 2.13. The first kappa shape index (κ1) is 14.3. The summed E-state index contributed by atoms with van der Waals surface area (Å²) in [5, 5.41) is 19.1. The topological polar surface area (TPSA) is 122 Å². The summed E-state index contributed by atoms with van der Waals surface area (Å²) in [4.78, 5) is 15.6. The van der Waals surface area contributed by atoms with Gasteiger partial charge in [0, 0.05) is 17.5 Å². The van der Waals surface area contributed by atoms with E-state index in [4.69, 9.17) is 16.6 Å². The van der Waals surface area contributed by atoms with E-state index in [2.05, 4.69) is 4.98 Å². The average Bonchev–Trinajstić information content (AvgIpc) is 2.79. The average molecular weight is 293 g/mol. The number of carbonyl (C=O) groups is 1. The molecule has 6 nitrogen and oxygen atoms in total. The zero-order valence-corrected chi connectivity index (χ0v) is 11.4. The Morgan fingerprint density at radius 3 is 2.80 bits per heavy atom. The number of aromatic hydroxyl groups is 1. The SMILES string of the molecule is Nc1ncc(Cc2cc(CC(N)C(=O)O)ccc2O)s1. The number of aromatic nitrogens is 1. The van der Waals surface area contributed by atoms with Crippen molar-refractivity contribution in [2.75, 3.05) is 5.73 Å². The van der Waals surface area contributed by atoms with Gasteiger partial charge in [0.1, 0.15) is 11.8 Å². The van der Waals surface area contributed by atoms with Gasteiger partial charge in [0.25, 0.3) is 0 Å². The van der Waals surface area contributed by atoms with Crippen molar-refractivity contribution < 1.29 is 15.0 Å². The Morgan fingerprint density at radius 1 is 1.45 bits per heavy atom. The zero-order chi connectivity index (χ0) is 14.7. The van der Waals surface area contributed by atoms with Gasteiger partial charge in [-0.05, 0) is 23.6 Å². The molecule has 0 aliphatic carbocycles. The van der Waals surface area contributed by atoms with Crippen LogP contribution >= 0.6 is 11.3 Å². The van der Waals surface area contributed by atoms with Gasteiger partial charge in [-0.25, -0.2) is 4.98 Å². The molecule has 20 heavy (non-hydrogen) atoms. The van der Waals surface area contributed by atoms with Crippen molar-refractivity contribution in [2.24, 2.45) is 5.73 Å². The van der Waals surface area contributed by atoms with Crippen LogP contribution in [0.15, 0.2) is 24.4 Å². The van der Waals surface area contributed by atoms with Gasteiger partial charge in [0.15, 0.2) is 5.13 Å². The number of phenolic OH excluding ortho intramolecular Hbond substituents is 1. The molecule has 0 saturated carbocycles. The van der Waals surface area contributed by atoms with E-state index >= 15 is 0 Å². The van der Waals surface area contributed by atoms with Gasteiger partial charge < -0.3 is 21.7 Å². The molecule has 0 amide bonds. The number of nitrogen functional groups attached to an aromatic ring is 1. The number of carboxylic acid groups (broad SMARTS) is 1. The number of phenols is 1. The predicted octanol–water partition coefficient (Wildman–Crippen LogP) is 0.976. The Morgan fingerprint density at radius 2 is 2.20 bits per heavy atom. The number of benzene rings is 1. The molecule has 0 aliphatic heterocycles. The first-order valence-corrected chi connectivity index (χ1v) is 6.76. The molecular formula is C13H15N3O3S. The smallest absolute Gasteiger partial charge is 0.320 e. The molecule has 2 rings (SSSR count). The van der Waals surface area contributed by atoms with E-state index in [-0.39, 0.29) is 12.2 Å². The van der Waals surface area contributed by atoms with Gasteiger partial charge in [-0.15, -0.1) is 11.3 Å². The number of anilines is 1. The Bertz CT molecular complexity index is 627. The normalized spacial score (nSPS) is 12.2. The van der Waals surface area contributed by atoms with Crippen LogP contribution < -0.4 is 11.5 Å². The molecule has 1 heterocycles. The highest BCUT2D eigenvalue weighted by Crippen LogP contribution is 2.25. The lowest BCUT2D eigenvalue weighted by atomic mass is 10.0. The van der Waals surface area contributed by atoms with Crippen LogP contribution in [0.25, 0.3) is 0 Å². The van der Waals surface area contributed by atoms with Crippen molar-refractivity contribution in [2.45, 2.75) is 18.9 Å². The quantitative estimate of drug-likeness (QED) is 0.651. The van der Waals surface area contributed by atoms with Gasteiger partial charge in [0.2, 0.25) is 0 Å². The maximum atomic E-state index is 10.8. The summed E-state index contributed by atoms with van der Waals surface area (Å²) in [7, 11) is 0. The fourth-order valence-electron chi connectivity index (χ4n) is 1.84. The number of thiazole rings is 1. The molecule has 0 bridgehead atoms. The number of carboxylic acids is 1. The molecule has 0 aliphatic rings. The fourth-order valence-corrected chi connectivity index (χ4v) is 2.55. The minimum Gasteiger partial charge on any atom is -0.508 e. The first-order chi connectivity index (χ1) is 9.45. The number of aliphatic carboxylic acids is 1.